The fourth-order valence-electron chi connectivity index (χ4n) is 1.47. The number of ketones is 1. The molecule has 0 aromatic heterocycles. The number of carbonyl (C=O) groups is 2. The topological polar surface area (TPSA) is 63.6 Å². The van der Waals surface area contributed by atoms with Crippen molar-refractivity contribution in [2.75, 3.05) is 6.61 Å². The Morgan fingerprint density at radius 1 is 1.33 bits per heavy atom. The molecular formula is C13H9ClO4. The summed E-state index contributed by atoms with van der Waals surface area (Å²) in [7, 11) is 0. The highest BCUT2D eigenvalue weighted by Gasteiger charge is 2.29. The van der Waals surface area contributed by atoms with Crippen molar-refractivity contribution in [2.24, 2.45) is 0 Å². The normalized spacial score (nSPS) is 15.3. The molecule has 1 aromatic rings. The molecule has 0 radical (unpaired) electrons. The number of ether oxygens (including phenoxy) is 1. The number of aliphatic hydroxyl groups is 1. The van der Waals surface area contributed by atoms with Crippen molar-refractivity contribution in [3.8, 4) is 0 Å². The molecule has 1 heterocycles. The number of cyclic esters (lactones) is 1. The molecule has 2 rings (SSSR count). The lowest BCUT2D eigenvalue weighted by Crippen LogP contribution is -2.08. The lowest BCUT2D eigenvalue weighted by atomic mass is 10.1. The third-order valence-corrected chi connectivity index (χ3v) is 2.63. The van der Waals surface area contributed by atoms with Gasteiger partial charge in [-0.25, -0.2) is 4.79 Å². The third-order valence-electron chi connectivity index (χ3n) is 2.38. The van der Waals surface area contributed by atoms with Gasteiger partial charge in [0.2, 0.25) is 0 Å². The summed E-state index contributed by atoms with van der Waals surface area (Å²) >= 11 is 5.72. The van der Waals surface area contributed by atoms with Gasteiger partial charge in [0.15, 0.2) is 5.78 Å². The first-order valence-electron chi connectivity index (χ1n) is 5.15. The van der Waals surface area contributed by atoms with Gasteiger partial charge in [0, 0.05) is 5.02 Å². The first kappa shape index (κ1) is 12.4. The summed E-state index contributed by atoms with van der Waals surface area (Å²) in [6.45, 7) is -0.241. The third kappa shape index (κ3) is 2.60. The van der Waals surface area contributed by atoms with Gasteiger partial charge in [-0.05, 0) is 23.8 Å². The van der Waals surface area contributed by atoms with Crippen LogP contribution in [0.1, 0.15) is 5.56 Å². The Labute approximate surface area is 108 Å². The number of carbonyl (C=O) groups excluding carboxylic acids is 2. The van der Waals surface area contributed by atoms with Crippen LogP contribution in [0.25, 0.3) is 6.08 Å². The van der Waals surface area contributed by atoms with Crippen LogP contribution in [0.5, 0.6) is 0 Å². The molecule has 0 spiro atoms. The predicted molar refractivity (Wildman–Crippen MR) is 66.1 cm³/mol. The van der Waals surface area contributed by atoms with Crippen molar-refractivity contribution >= 4 is 29.4 Å². The summed E-state index contributed by atoms with van der Waals surface area (Å²) in [6.07, 6.45) is 2.74. The van der Waals surface area contributed by atoms with Crippen molar-refractivity contribution < 1.29 is 19.4 Å². The van der Waals surface area contributed by atoms with E-state index in [9.17, 15) is 14.7 Å². The van der Waals surface area contributed by atoms with E-state index in [1.807, 2.05) is 0 Å². The summed E-state index contributed by atoms with van der Waals surface area (Å²) in [5.41, 5.74) is 0.458. The number of hydrogen-bond acceptors (Lipinski definition) is 4. The zero-order chi connectivity index (χ0) is 13.1. The fraction of sp³-hybridized carbons (Fsp3) is 0.0769. The molecule has 0 unspecified atom stereocenters. The van der Waals surface area contributed by atoms with Crippen LogP contribution in [0.3, 0.4) is 0 Å². The molecule has 1 N–H and O–H groups in total. The molecule has 4 nitrogen and oxygen atoms in total. The van der Waals surface area contributed by atoms with Crippen LogP contribution in [0.2, 0.25) is 5.02 Å². The summed E-state index contributed by atoms with van der Waals surface area (Å²) in [5, 5.41) is 9.92. The standard InChI is InChI=1S/C13H9ClO4/c14-9-4-1-8(2-5-9)3-6-10(15)12-11(16)7-18-13(12)17/h1-6,16H,7H2. The van der Waals surface area contributed by atoms with Crippen LogP contribution in [0.4, 0.5) is 0 Å². The second-order valence-corrected chi connectivity index (χ2v) is 4.08. The van der Waals surface area contributed by atoms with Crippen LogP contribution >= 0.6 is 11.6 Å². The minimum atomic E-state index is -0.793. The number of esters is 1. The zero-order valence-electron chi connectivity index (χ0n) is 9.22. The van der Waals surface area contributed by atoms with Gasteiger partial charge in [0.1, 0.15) is 17.9 Å². The van der Waals surface area contributed by atoms with Gasteiger partial charge < -0.3 is 9.84 Å². The minimum absolute atomic E-state index is 0.241. The van der Waals surface area contributed by atoms with Gasteiger partial charge in [0.05, 0.1) is 0 Å². The van der Waals surface area contributed by atoms with Crippen molar-refractivity contribution in [3.05, 3.63) is 52.3 Å². The van der Waals surface area contributed by atoms with Gasteiger partial charge in [-0.2, -0.15) is 0 Å². The maximum absolute atomic E-state index is 11.7. The Morgan fingerprint density at radius 3 is 2.56 bits per heavy atom. The highest BCUT2D eigenvalue weighted by Crippen LogP contribution is 2.16. The first-order chi connectivity index (χ1) is 8.58. The van der Waals surface area contributed by atoms with E-state index in [-0.39, 0.29) is 17.9 Å². The molecule has 1 aliphatic heterocycles. The van der Waals surface area contributed by atoms with E-state index in [4.69, 9.17) is 11.6 Å². The van der Waals surface area contributed by atoms with Crippen LogP contribution in [0, 0.1) is 0 Å². The predicted octanol–water partition coefficient (Wildman–Crippen LogP) is 2.29. The number of aliphatic hydroxyl groups excluding tert-OH is 1. The van der Waals surface area contributed by atoms with Crippen molar-refractivity contribution in [1.82, 2.24) is 0 Å². The minimum Gasteiger partial charge on any atom is -0.508 e. The Morgan fingerprint density at radius 2 is 2.00 bits per heavy atom. The molecule has 0 fully saturated rings. The first-order valence-corrected chi connectivity index (χ1v) is 5.53. The fourth-order valence-corrected chi connectivity index (χ4v) is 1.59. The van der Waals surface area contributed by atoms with Gasteiger partial charge >= 0.3 is 5.97 Å². The Hall–Kier alpha value is -2.07. The number of halogens is 1. The van der Waals surface area contributed by atoms with Crippen molar-refractivity contribution in [3.63, 3.8) is 0 Å². The van der Waals surface area contributed by atoms with E-state index >= 15 is 0 Å². The highest BCUT2D eigenvalue weighted by molar-refractivity contribution is 6.30. The zero-order valence-corrected chi connectivity index (χ0v) is 9.98. The molecule has 0 aliphatic carbocycles. The van der Waals surface area contributed by atoms with Gasteiger partial charge in [0.25, 0.3) is 0 Å². The molecule has 18 heavy (non-hydrogen) atoms. The number of allylic oxidation sites excluding steroid dienone is 1. The van der Waals surface area contributed by atoms with Crippen LogP contribution in [-0.4, -0.2) is 23.5 Å². The molecule has 0 atom stereocenters. The molecule has 0 amide bonds. The maximum Gasteiger partial charge on any atom is 0.346 e. The SMILES string of the molecule is O=C(C=Cc1ccc(Cl)cc1)C1=C(O)COC1=O. The quantitative estimate of drug-likeness (QED) is 0.517. The summed E-state index contributed by atoms with van der Waals surface area (Å²) in [6, 6.07) is 6.83. The van der Waals surface area contributed by atoms with Gasteiger partial charge in [-0.3, -0.25) is 4.79 Å². The Balaban J connectivity index is 2.15. The average molecular weight is 265 g/mol. The number of hydrogen-bond donors (Lipinski definition) is 1. The highest BCUT2D eigenvalue weighted by atomic mass is 35.5. The lowest BCUT2D eigenvalue weighted by molar-refractivity contribution is -0.137. The van der Waals surface area contributed by atoms with Crippen LogP contribution < -0.4 is 0 Å². The second kappa shape index (κ2) is 5.06. The number of rotatable bonds is 3. The molecule has 0 bridgehead atoms. The average Bonchev–Trinajstić information content (AvgIpc) is 2.68. The van der Waals surface area contributed by atoms with E-state index in [2.05, 4.69) is 4.74 Å². The van der Waals surface area contributed by atoms with Crippen molar-refractivity contribution in [2.45, 2.75) is 0 Å². The molecular weight excluding hydrogens is 256 g/mol. The van der Waals surface area contributed by atoms with E-state index in [0.29, 0.717) is 5.02 Å². The molecule has 1 aromatic carbocycles. The van der Waals surface area contributed by atoms with Crippen LogP contribution in [-0.2, 0) is 14.3 Å². The molecule has 1 aliphatic rings. The van der Waals surface area contributed by atoms with E-state index in [0.717, 1.165) is 5.56 Å². The van der Waals surface area contributed by atoms with Crippen LogP contribution in [0.15, 0.2) is 41.7 Å². The lowest BCUT2D eigenvalue weighted by Gasteiger charge is -1.95. The second-order valence-electron chi connectivity index (χ2n) is 3.65. The Bertz CT molecular complexity index is 555. The molecule has 0 saturated carbocycles. The number of benzene rings is 1. The smallest absolute Gasteiger partial charge is 0.346 e. The van der Waals surface area contributed by atoms with E-state index in [1.54, 1.807) is 24.3 Å². The van der Waals surface area contributed by atoms with E-state index in [1.165, 1.54) is 12.2 Å². The summed E-state index contributed by atoms with van der Waals surface area (Å²) < 4.78 is 4.53. The molecule has 0 saturated heterocycles. The monoisotopic (exact) mass is 264 g/mol. The molecule has 92 valence electrons. The van der Waals surface area contributed by atoms with Crippen molar-refractivity contribution in [1.29, 1.82) is 0 Å². The maximum atomic E-state index is 11.7. The Kier molecular flexibility index (Phi) is 3.48. The van der Waals surface area contributed by atoms with Gasteiger partial charge in [-0.1, -0.05) is 29.8 Å². The summed E-state index contributed by atoms with van der Waals surface area (Å²) in [5.74, 6) is -1.70. The summed E-state index contributed by atoms with van der Waals surface area (Å²) in [4.78, 5) is 22.8. The molecule has 5 heteroatoms. The van der Waals surface area contributed by atoms with Gasteiger partial charge in [-0.15, -0.1) is 0 Å². The largest absolute Gasteiger partial charge is 0.508 e. The van der Waals surface area contributed by atoms with E-state index < -0.39 is 11.8 Å².